The molecule has 1 aromatic heterocycles. The van der Waals surface area contributed by atoms with Gasteiger partial charge in [-0.15, -0.1) is 0 Å². The van der Waals surface area contributed by atoms with Crippen molar-refractivity contribution in [2.24, 2.45) is 0 Å². The fraction of sp³-hybridized carbons (Fsp3) is 0.389. The van der Waals surface area contributed by atoms with Gasteiger partial charge in [0.05, 0.1) is 6.54 Å². The van der Waals surface area contributed by atoms with E-state index in [9.17, 15) is 18.8 Å². The third-order valence-electron chi connectivity index (χ3n) is 4.00. The number of carbonyl (C=O) groups is 2. The summed E-state index contributed by atoms with van der Waals surface area (Å²) in [5, 5.41) is 0. The predicted molar refractivity (Wildman–Crippen MR) is 95.9 cm³/mol. The number of carbonyl (C=O) groups excluding carboxylic acids is 2. The summed E-state index contributed by atoms with van der Waals surface area (Å²) in [5.74, 6) is -0.939. The van der Waals surface area contributed by atoms with Crippen LogP contribution in [-0.2, 0) is 6.54 Å². The van der Waals surface area contributed by atoms with Gasteiger partial charge in [0, 0.05) is 24.8 Å². The molecule has 0 spiro atoms. The number of rotatable bonds is 7. The molecule has 25 heavy (non-hydrogen) atoms. The highest BCUT2D eigenvalue weighted by atomic mass is 32.1. The smallest absolute Gasteiger partial charge is 0.308 e. The Bertz CT molecular complexity index is 824. The quantitative estimate of drug-likeness (QED) is 0.709. The Balaban J connectivity index is 2.21. The topological polar surface area (TPSA) is 59.4 Å². The first-order valence-corrected chi connectivity index (χ1v) is 8.91. The number of hydrogen-bond donors (Lipinski definition) is 0. The van der Waals surface area contributed by atoms with Crippen molar-refractivity contribution < 1.29 is 14.0 Å². The van der Waals surface area contributed by atoms with Crippen LogP contribution in [0.25, 0.3) is 0 Å². The van der Waals surface area contributed by atoms with Crippen LogP contribution in [-0.4, -0.2) is 34.7 Å². The lowest BCUT2D eigenvalue weighted by atomic mass is 10.1. The van der Waals surface area contributed by atoms with E-state index >= 15 is 0 Å². The minimum atomic E-state index is -0.427. The summed E-state index contributed by atoms with van der Waals surface area (Å²) in [7, 11) is 1.70. The number of ketones is 1. The molecular formula is C18H21FN2O3S. The molecule has 0 N–H and O–H groups in total. The highest BCUT2D eigenvalue weighted by molar-refractivity contribution is 7.11. The molecule has 0 radical (unpaired) electrons. The van der Waals surface area contributed by atoms with Crippen molar-refractivity contribution >= 4 is 23.0 Å². The predicted octanol–water partition coefficient (Wildman–Crippen LogP) is 3.11. The van der Waals surface area contributed by atoms with Crippen molar-refractivity contribution in [2.75, 3.05) is 13.6 Å². The largest absolute Gasteiger partial charge is 0.341 e. The number of nitrogens with zero attached hydrogens (tertiary/aromatic N) is 2. The number of thiazole rings is 1. The molecule has 0 atom stereocenters. The Morgan fingerprint density at radius 2 is 1.88 bits per heavy atom. The first-order valence-electron chi connectivity index (χ1n) is 8.09. The minimum Gasteiger partial charge on any atom is -0.341 e. The molecule has 0 aliphatic carbocycles. The fourth-order valence-corrected chi connectivity index (χ4v) is 3.39. The monoisotopic (exact) mass is 364 g/mol. The van der Waals surface area contributed by atoms with Gasteiger partial charge in [0.2, 0.25) is 0 Å². The van der Waals surface area contributed by atoms with E-state index in [0.29, 0.717) is 22.7 Å². The summed E-state index contributed by atoms with van der Waals surface area (Å²) in [6, 6.07) is 5.17. The molecule has 0 aliphatic rings. The number of unbranched alkanes of at least 4 members (excludes halogenated alkanes) is 1. The van der Waals surface area contributed by atoms with Gasteiger partial charge >= 0.3 is 4.87 Å². The summed E-state index contributed by atoms with van der Waals surface area (Å²) >= 11 is 0.854. The minimum absolute atomic E-state index is 0.168. The molecule has 2 aromatic rings. The Labute approximate surface area is 149 Å². The Morgan fingerprint density at radius 1 is 1.24 bits per heavy atom. The van der Waals surface area contributed by atoms with Gasteiger partial charge in [0.1, 0.15) is 10.7 Å². The normalized spacial score (nSPS) is 10.7. The van der Waals surface area contributed by atoms with Crippen LogP contribution < -0.4 is 4.87 Å². The van der Waals surface area contributed by atoms with Gasteiger partial charge in [-0.05, 0) is 37.6 Å². The van der Waals surface area contributed by atoms with Gasteiger partial charge in [-0.25, -0.2) is 4.39 Å². The molecule has 0 unspecified atom stereocenters. The fourth-order valence-electron chi connectivity index (χ4n) is 2.40. The Hall–Kier alpha value is -2.28. The standard InChI is InChI=1S/C18H21FN2O3S/c1-4-5-10-20(3)17(23)16-12(2)21(18(24)25-16)11-15(22)13-6-8-14(19)9-7-13/h6-9H,4-5,10-11H2,1-3H3. The molecule has 5 nitrogen and oxygen atoms in total. The van der Waals surface area contributed by atoms with Gasteiger partial charge in [-0.2, -0.15) is 0 Å². The van der Waals surface area contributed by atoms with Crippen molar-refractivity contribution in [1.29, 1.82) is 0 Å². The molecule has 2 rings (SSSR count). The zero-order valence-corrected chi connectivity index (χ0v) is 15.4. The lowest BCUT2D eigenvalue weighted by molar-refractivity contribution is 0.0795. The second-order valence-electron chi connectivity index (χ2n) is 5.88. The molecule has 0 saturated carbocycles. The summed E-state index contributed by atoms with van der Waals surface area (Å²) in [5.41, 5.74) is 0.811. The van der Waals surface area contributed by atoms with Crippen LogP contribution in [0.3, 0.4) is 0 Å². The Morgan fingerprint density at radius 3 is 2.48 bits per heavy atom. The number of Topliss-reactive ketones (excluding diaryl/α,β-unsaturated/α-hetero) is 1. The third-order valence-corrected chi connectivity index (χ3v) is 5.07. The van der Waals surface area contributed by atoms with E-state index in [1.54, 1.807) is 18.9 Å². The molecule has 0 saturated heterocycles. The van der Waals surface area contributed by atoms with Crippen LogP contribution in [0.5, 0.6) is 0 Å². The molecule has 1 amide bonds. The lowest BCUT2D eigenvalue weighted by Gasteiger charge is -2.16. The molecule has 0 bridgehead atoms. The maximum absolute atomic E-state index is 13.0. The SMILES string of the molecule is CCCCN(C)C(=O)c1sc(=O)n(CC(=O)c2ccc(F)cc2)c1C. The van der Waals surface area contributed by atoms with E-state index in [2.05, 4.69) is 0 Å². The third kappa shape index (κ3) is 4.42. The molecule has 1 heterocycles. The lowest BCUT2D eigenvalue weighted by Crippen LogP contribution is -2.28. The molecule has 0 aliphatic heterocycles. The van der Waals surface area contributed by atoms with Gasteiger partial charge in [-0.3, -0.25) is 19.0 Å². The zero-order valence-electron chi connectivity index (χ0n) is 14.5. The van der Waals surface area contributed by atoms with E-state index < -0.39 is 5.82 Å². The van der Waals surface area contributed by atoms with Gasteiger partial charge < -0.3 is 4.90 Å². The van der Waals surface area contributed by atoms with Crippen LogP contribution in [0.4, 0.5) is 4.39 Å². The van der Waals surface area contributed by atoms with E-state index in [1.165, 1.54) is 28.8 Å². The molecule has 134 valence electrons. The van der Waals surface area contributed by atoms with E-state index in [-0.39, 0.29) is 23.1 Å². The van der Waals surface area contributed by atoms with Crippen LogP contribution in [0.1, 0.15) is 45.5 Å². The van der Waals surface area contributed by atoms with Crippen molar-refractivity contribution in [1.82, 2.24) is 9.47 Å². The van der Waals surface area contributed by atoms with Crippen LogP contribution in [0, 0.1) is 12.7 Å². The van der Waals surface area contributed by atoms with Gasteiger partial charge in [0.15, 0.2) is 5.78 Å². The average molecular weight is 364 g/mol. The average Bonchev–Trinajstić information content (AvgIpc) is 2.87. The summed E-state index contributed by atoms with van der Waals surface area (Å²) < 4.78 is 14.3. The summed E-state index contributed by atoms with van der Waals surface area (Å²) in [4.78, 5) is 38.6. The second kappa shape index (κ2) is 8.20. The number of hydrogen-bond acceptors (Lipinski definition) is 4. The highest BCUT2D eigenvalue weighted by Crippen LogP contribution is 2.15. The van der Waals surface area contributed by atoms with E-state index in [0.717, 1.165) is 24.2 Å². The number of benzene rings is 1. The van der Waals surface area contributed by atoms with Crippen molar-refractivity contribution in [3.05, 3.63) is 55.9 Å². The van der Waals surface area contributed by atoms with Crippen LogP contribution in [0.2, 0.25) is 0 Å². The van der Waals surface area contributed by atoms with Crippen LogP contribution >= 0.6 is 11.3 Å². The van der Waals surface area contributed by atoms with Crippen molar-refractivity contribution in [2.45, 2.75) is 33.2 Å². The van der Waals surface area contributed by atoms with Crippen molar-refractivity contribution in [3.8, 4) is 0 Å². The van der Waals surface area contributed by atoms with Crippen molar-refractivity contribution in [3.63, 3.8) is 0 Å². The van der Waals surface area contributed by atoms with E-state index in [1.807, 2.05) is 6.92 Å². The van der Waals surface area contributed by atoms with E-state index in [4.69, 9.17) is 0 Å². The number of aromatic nitrogens is 1. The first kappa shape index (κ1) is 19.1. The number of halogens is 1. The molecule has 1 aromatic carbocycles. The molecule has 7 heteroatoms. The highest BCUT2D eigenvalue weighted by Gasteiger charge is 2.22. The summed E-state index contributed by atoms with van der Waals surface area (Å²) in [6.07, 6.45) is 1.86. The molecule has 0 fully saturated rings. The van der Waals surface area contributed by atoms with Gasteiger partial charge in [-0.1, -0.05) is 24.7 Å². The Kier molecular flexibility index (Phi) is 6.25. The first-order chi connectivity index (χ1) is 11.8. The van der Waals surface area contributed by atoms with Crippen LogP contribution in [0.15, 0.2) is 29.1 Å². The number of amides is 1. The zero-order chi connectivity index (χ0) is 18.6. The summed E-state index contributed by atoms with van der Waals surface area (Å²) in [6.45, 7) is 4.16. The second-order valence-corrected chi connectivity index (χ2v) is 6.84. The maximum Gasteiger partial charge on any atom is 0.308 e. The maximum atomic E-state index is 13.0. The molecular weight excluding hydrogens is 343 g/mol. The van der Waals surface area contributed by atoms with Gasteiger partial charge in [0.25, 0.3) is 5.91 Å².